The summed E-state index contributed by atoms with van der Waals surface area (Å²) in [6.07, 6.45) is 0. The highest BCUT2D eigenvalue weighted by atomic mass is 79.9. The van der Waals surface area contributed by atoms with E-state index in [2.05, 4.69) is 21.1 Å². The van der Waals surface area contributed by atoms with Gasteiger partial charge in [-0.1, -0.05) is 11.2 Å². The van der Waals surface area contributed by atoms with Crippen molar-refractivity contribution in [1.82, 2.24) is 5.16 Å². The summed E-state index contributed by atoms with van der Waals surface area (Å²) in [6.45, 7) is 0.339. The van der Waals surface area contributed by atoms with Crippen LogP contribution in [0.3, 0.4) is 0 Å². The van der Waals surface area contributed by atoms with Crippen molar-refractivity contribution in [1.29, 1.82) is 0 Å². The second-order valence-electron chi connectivity index (χ2n) is 3.08. The van der Waals surface area contributed by atoms with Crippen molar-refractivity contribution in [3.8, 4) is 11.5 Å². The van der Waals surface area contributed by atoms with Gasteiger partial charge in [0.05, 0.1) is 7.11 Å². The lowest BCUT2D eigenvalue weighted by Crippen LogP contribution is -1.94. The SMILES string of the molecule is COc1cccc(OCc2cc(Br)no2)c1. The summed E-state index contributed by atoms with van der Waals surface area (Å²) in [5, 5.41) is 3.70. The number of halogens is 1. The Morgan fingerprint density at radius 1 is 1.31 bits per heavy atom. The maximum absolute atomic E-state index is 5.51. The van der Waals surface area contributed by atoms with Crippen molar-refractivity contribution in [2.75, 3.05) is 7.11 Å². The number of ether oxygens (including phenoxy) is 2. The Bertz CT molecular complexity index is 470. The molecule has 0 bridgehead atoms. The predicted molar refractivity (Wildman–Crippen MR) is 61.5 cm³/mol. The van der Waals surface area contributed by atoms with Crippen LogP contribution in [0, 0.1) is 0 Å². The molecule has 0 atom stereocenters. The van der Waals surface area contributed by atoms with E-state index in [-0.39, 0.29) is 0 Å². The number of hydrogen-bond acceptors (Lipinski definition) is 4. The Hall–Kier alpha value is -1.49. The first-order chi connectivity index (χ1) is 7.78. The van der Waals surface area contributed by atoms with E-state index in [9.17, 15) is 0 Å². The first-order valence-electron chi connectivity index (χ1n) is 4.66. The lowest BCUT2D eigenvalue weighted by atomic mass is 10.3. The van der Waals surface area contributed by atoms with Gasteiger partial charge in [-0.05, 0) is 28.1 Å². The highest BCUT2D eigenvalue weighted by molar-refractivity contribution is 9.10. The lowest BCUT2D eigenvalue weighted by molar-refractivity contribution is 0.248. The lowest BCUT2D eigenvalue weighted by Gasteiger charge is -2.05. The van der Waals surface area contributed by atoms with Crippen LogP contribution in [0.5, 0.6) is 11.5 Å². The topological polar surface area (TPSA) is 44.5 Å². The van der Waals surface area contributed by atoms with Gasteiger partial charge in [-0.2, -0.15) is 0 Å². The van der Waals surface area contributed by atoms with E-state index >= 15 is 0 Å². The fraction of sp³-hybridized carbons (Fsp3) is 0.182. The van der Waals surface area contributed by atoms with Crippen LogP contribution in [0.2, 0.25) is 0 Å². The van der Waals surface area contributed by atoms with Gasteiger partial charge in [-0.25, -0.2) is 0 Å². The number of hydrogen-bond donors (Lipinski definition) is 0. The summed E-state index contributed by atoms with van der Waals surface area (Å²) in [7, 11) is 1.62. The number of benzene rings is 1. The molecule has 0 N–H and O–H groups in total. The zero-order valence-electron chi connectivity index (χ0n) is 8.64. The van der Waals surface area contributed by atoms with E-state index in [1.807, 2.05) is 24.3 Å². The zero-order chi connectivity index (χ0) is 11.4. The average molecular weight is 284 g/mol. The molecule has 0 radical (unpaired) electrons. The highest BCUT2D eigenvalue weighted by Crippen LogP contribution is 2.20. The molecule has 0 spiro atoms. The smallest absolute Gasteiger partial charge is 0.175 e. The fourth-order valence-electron chi connectivity index (χ4n) is 1.20. The molecule has 0 saturated carbocycles. The third-order valence-electron chi connectivity index (χ3n) is 1.95. The Morgan fingerprint density at radius 2 is 2.12 bits per heavy atom. The van der Waals surface area contributed by atoms with Crippen LogP contribution in [0.4, 0.5) is 0 Å². The Labute approximate surface area is 101 Å². The molecule has 2 rings (SSSR count). The summed E-state index contributed by atoms with van der Waals surface area (Å²) >= 11 is 3.20. The third kappa shape index (κ3) is 2.76. The number of methoxy groups -OCH3 is 1. The van der Waals surface area contributed by atoms with E-state index in [1.165, 1.54) is 0 Å². The summed E-state index contributed by atoms with van der Waals surface area (Å²) in [6, 6.07) is 9.15. The van der Waals surface area contributed by atoms with Gasteiger partial charge in [0.2, 0.25) is 0 Å². The van der Waals surface area contributed by atoms with E-state index in [4.69, 9.17) is 14.0 Å². The zero-order valence-corrected chi connectivity index (χ0v) is 10.2. The van der Waals surface area contributed by atoms with Gasteiger partial charge in [0.25, 0.3) is 0 Å². The van der Waals surface area contributed by atoms with Crippen molar-refractivity contribution in [3.63, 3.8) is 0 Å². The Morgan fingerprint density at radius 3 is 2.81 bits per heavy atom. The monoisotopic (exact) mass is 283 g/mol. The third-order valence-corrected chi connectivity index (χ3v) is 2.33. The first-order valence-corrected chi connectivity index (χ1v) is 5.45. The quantitative estimate of drug-likeness (QED) is 0.865. The summed E-state index contributed by atoms with van der Waals surface area (Å²) in [5.41, 5.74) is 0. The molecule has 1 aromatic carbocycles. The highest BCUT2D eigenvalue weighted by Gasteiger charge is 2.03. The summed E-state index contributed by atoms with van der Waals surface area (Å²) in [5.74, 6) is 2.15. The predicted octanol–water partition coefficient (Wildman–Crippen LogP) is 3.02. The molecular formula is C11H10BrNO3. The van der Waals surface area contributed by atoms with Gasteiger partial charge in [0, 0.05) is 12.1 Å². The molecule has 0 amide bonds. The Kier molecular flexibility index (Phi) is 3.46. The van der Waals surface area contributed by atoms with E-state index in [0.29, 0.717) is 17.0 Å². The van der Waals surface area contributed by atoms with Crippen molar-refractivity contribution >= 4 is 15.9 Å². The van der Waals surface area contributed by atoms with E-state index in [1.54, 1.807) is 13.2 Å². The summed E-state index contributed by atoms with van der Waals surface area (Å²) < 4.78 is 16.3. The van der Waals surface area contributed by atoms with E-state index in [0.717, 1.165) is 11.5 Å². The molecule has 0 fully saturated rings. The normalized spacial score (nSPS) is 10.1. The molecule has 84 valence electrons. The van der Waals surface area contributed by atoms with Gasteiger partial charge in [-0.15, -0.1) is 0 Å². The van der Waals surface area contributed by atoms with Crippen molar-refractivity contribution in [2.45, 2.75) is 6.61 Å². The van der Waals surface area contributed by atoms with Crippen molar-refractivity contribution in [2.24, 2.45) is 0 Å². The second kappa shape index (κ2) is 5.03. The minimum absolute atomic E-state index is 0.339. The molecule has 4 nitrogen and oxygen atoms in total. The van der Waals surface area contributed by atoms with Crippen LogP contribution in [0.15, 0.2) is 39.5 Å². The van der Waals surface area contributed by atoms with Crippen LogP contribution in [0.25, 0.3) is 0 Å². The van der Waals surface area contributed by atoms with Crippen molar-refractivity contribution in [3.05, 3.63) is 40.7 Å². The summed E-state index contributed by atoms with van der Waals surface area (Å²) in [4.78, 5) is 0. The van der Waals surface area contributed by atoms with Crippen LogP contribution in [-0.4, -0.2) is 12.3 Å². The maximum Gasteiger partial charge on any atom is 0.175 e. The molecule has 5 heteroatoms. The molecule has 0 aliphatic rings. The molecule has 0 unspecified atom stereocenters. The van der Waals surface area contributed by atoms with Gasteiger partial charge in [0.15, 0.2) is 5.76 Å². The minimum Gasteiger partial charge on any atom is -0.497 e. The van der Waals surface area contributed by atoms with Crippen LogP contribution in [-0.2, 0) is 6.61 Å². The van der Waals surface area contributed by atoms with Crippen molar-refractivity contribution < 1.29 is 14.0 Å². The van der Waals surface area contributed by atoms with E-state index < -0.39 is 0 Å². The Balaban J connectivity index is 1.99. The molecular weight excluding hydrogens is 274 g/mol. The van der Waals surface area contributed by atoms with Gasteiger partial charge < -0.3 is 14.0 Å². The molecule has 0 aliphatic carbocycles. The molecule has 0 saturated heterocycles. The van der Waals surface area contributed by atoms with Crippen LogP contribution >= 0.6 is 15.9 Å². The van der Waals surface area contributed by atoms with Gasteiger partial charge >= 0.3 is 0 Å². The van der Waals surface area contributed by atoms with Gasteiger partial charge in [0.1, 0.15) is 22.7 Å². The second-order valence-corrected chi connectivity index (χ2v) is 3.90. The largest absolute Gasteiger partial charge is 0.497 e. The maximum atomic E-state index is 5.51. The average Bonchev–Trinajstić information content (AvgIpc) is 2.73. The van der Waals surface area contributed by atoms with Crippen LogP contribution in [0.1, 0.15) is 5.76 Å². The molecule has 16 heavy (non-hydrogen) atoms. The molecule has 1 heterocycles. The standard InChI is InChI=1S/C11H10BrNO3/c1-14-8-3-2-4-9(5-8)15-7-10-6-11(12)13-16-10/h2-6H,7H2,1H3. The van der Waals surface area contributed by atoms with Crippen LogP contribution < -0.4 is 9.47 Å². The molecule has 0 aliphatic heterocycles. The first kappa shape index (κ1) is 11.0. The minimum atomic E-state index is 0.339. The number of nitrogens with zero attached hydrogens (tertiary/aromatic N) is 1. The molecule has 2 aromatic rings. The number of aromatic nitrogens is 1. The fourth-order valence-corrected chi connectivity index (χ4v) is 1.53. The molecule has 1 aromatic heterocycles. The number of rotatable bonds is 4. The van der Waals surface area contributed by atoms with Gasteiger partial charge in [-0.3, -0.25) is 0 Å².